The molecule has 2 aromatic carbocycles. The van der Waals surface area contributed by atoms with E-state index in [0.29, 0.717) is 11.3 Å². The lowest BCUT2D eigenvalue weighted by Crippen LogP contribution is -2.11. The zero-order valence-corrected chi connectivity index (χ0v) is 15.4. The molecular formula is C20H17N5OS. The van der Waals surface area contributed by atoms with Crippen molar-refractivity contribution in [3.63, 3.8) is 0 Å². The van der Waals surface area contributed by atoms with Gasteiger partial charge in [0.1, 0.15) is 0 Å². The Balaban J connectivity index is 1.48. The van der Waals surface area contributed by atoms with E-state index in [2.05, 4.69) is 15.4 Å². The highest BCUT2D eigenvalue weighted by atomic mass is 32.2. The number of nitrogens with one attached hydrogen (secondary N) is 1. The van der Waals surface area contributed by atoms with Gasteiger partial charge in [-0.25, -0.2) is 9.67 Å². The SMILES string of the molecule is CSc1nccn1-c1ccc(C(=O)Nc2cnn(-c3ccccc3)c2)cc1. The number of nitrogens with zero attached hydrogens (tertiary/aromatic N) is 4. The summed E-state index contributed by atoms with van der Waals surface area (Å²) in [6.45, 7) is 0. The van der Waals surface area contributed by atoms with Crippen LogP contribution in [0.5, 0.6) is 0 Å². The fraction of sp³-hybridized carbons (Fsp3) is 0.0500. The lowest BCUT2D eigenvalue weighted by Gasteiger charge is -2.07. The van der Waals surface area contributed by atoms with Crippen LogP contribution in [0.15, 0.2) is 84.5 Å². The first-order valence-electron chi connectivity index (χ1n) is 8.34. The molecule has 0 spiro atoms. The Morgan fingerprint density at radius 2 is 1.81 bits per heavy atom. The molecule has 0 fully saturated rings. The molecule has 1 N–H and O–H groups in total. The number of imidazole rings is 1. The van der Waals surface area contributed by atoms with Crippen molar-refractivity contribution in [2.24, 2.45) is 0 Å². The Morgan fingerprint density at radius 3 is 2.56 bits per heavy atom. The number of hydrogen-bond acceptors (Lipinski definition) is 4. The summed E-state index contributed by atoms with van der Waals surface area (Å²) in [5.74, 6) is -0.176. The number of carbonyl (C=O) groups excluding carboxylic acids is 1. The number of thioether (sulfide) groups is 1. The van der Waals surface area contributed by atoms with E-state index in [1.165, 1.54) is 0 Å². The highest BCUT2D eigenvalue weighted by molar-refractivity contribution is 7.98. The van der Waals surface area contributed by atoms with E-state index < -0.39 is 0 Å². The maximum atomic E-state index is 12.5. The van der Waals surface area contributed by atoms with Crippen LogP contribution in [0.2, 0.25) is 0 Å². The molecule has 0 atom stereocenters. The molecule has 0 aliphatic rings. The van der Waals surface area contributed by atoms with Gasteiger partial charge in [0.15, 0.2) is 5.16 Å². The van der Waals surface area contributed by atoms with Crippen LogP contribution >= 0.6 is 11.8 Å². The molecule has 7 heteroatoms. The molecule has 0 aliphatic heterocycles. The third-order valence-corrected chi connectivity index (χ3v) is 4.73. The maximum Gasteiger partial charge on any atom is 0.255 e. The molecule has 6 nitrogen and oxygen atoms in total. The maximum absolute atomic E-state index is 12.5. The van der Waals surface area contributed by atoms with Gasteiger partial charge in [0, 0.05) is 23.6 Å². The van der Waals surface area contributed by atoms with E-state index in [1.54, 1.807) is 47.2 Å². The molecule has 0 saturated heterocycles. The van der Waals surface area contributed by atoms with E-state index in [-0.39, 0.29) is 5.91 Å². The number of anilines is 1. The predicted octanol–water partition coefficient (Wildman–Crippen LogP) is 4.03. The fourth-order valence-electron chi connectivity index (χ4n) is 2.72. The minimum absolute atomic E-state index is 0.176. The molecule has 0 bridgehead atoms. The molecule has 1 amide bonds. The second-order valence-corrected chi connectivity index (χ2v) is 6.57. The summed E-state index contributed by atoms with van der Waals surface area (Å²) in [6, 6.07) is 17.2. The summed E-state index contributed by atoms with van der Waals surface area (Å²) in [4.78, 5) is 16.8. The van der Waals surface area contributed by atoms with Gasteiger partial charge in [-0.2, -0.15) is 5.10 Å². The lowest BCUT2D eigenvalue weighted by atomic mass is 10.2. The standard InChI is InChI=1S/C20H17N5OS/c1-27-20-21-11-12-24(20)17-9-7-15(8-10-17)19(26)23-16-13-22-25(14-16)18-5-3-2-4-6-18/h2-14H,1H3,(H,23,26). The second kappa shape index (κ2) is 7.51. The molecule has 134 valence electrons. The van der Waals surface area contributed by atoms with Gasteiger partial charge in [0.05, 0.1) is 23.8 Å². The molecule has 4 rings (SSSR count). The summed E-state index contributed by atoms with van der Waals surface area (Å²) < 4.78 is 3.71. The largest absolute Gasteiger partial charge is 0.319 e. The monoisotopic (exact) mass is 375 g/mol. The first kappa shape index (κ1) is 17.1. The van der Waals surface area contributed by atoms with Crippen LogP contribution in [0.4, 0.5) is 5.69 Å². The average Bonchev–Trinajstić information content (AvgIpc) is 3.38. The van der Waals surface area contributed by atoms with Crippen LogP contribution in [0, 0.1) is 0 Å². The molecule has 0 radical (unpaired) electrons. The van der Waals surface area contributed by atoms with Crippen LogP contribution < -0.4 is 5.32 Å². The van der Waals surface area contributed by atoms with E-state index in [0.717, 1.165) is 16.5 Å². The van der Waals surface area contributed by atoms with Gasteiger partial charge >= 0.3 is 0 Å². The minimum atomic E-state index is -0.176. The van der Waals surface area contributed by atoms with Crippen molar-refractivity contribution in [1.29, 1.82) is 0 Å². The van der Waals surface area contributed by atoms with Crippen molar-refractivity contribution in [2.75, 3.05) is 11.6 Å². The summed E-state index contributed by atoms with van der Waals surface area (Å²) in [5, 5.41) is 8.07. The second-order valence-electron chi connectivity index (χ2n) is 5.79. The Bertz CT molecular complexity index is 1050. The van der Waals surface area contributed by atoms with E-state index in [1.807, 2.05) is 59.5 Å². The smallest absolute Gasteiger partial charge is 0.255 e. The first-order valence-corrected chi connectivity index (χ1v) is 9.56. The van der Waals surface area contributed by atoms with Crippen molar-refractivity contribution in [2.45, 2.75) is 5.16 Å². The number of aromatic nitrogens is 4. The van der Waals surface area contributed by atoms with Gasteiger partial charge in [-0.05, 0) is 42.7 Å². The molecule has 0 unspecified atom stereocenters. The van der Waals surface area contributed by atoms with Crippen LogP contribution in [0.1, 0.15) is 10.4 Å². The number of hydrogen-bond donors (Lipinski definition) is 1. The Labute approximate surface area is 160 Å². The Hall–Kier alpha value is -3.32. The number of carbonyl (C=O) groups is 1. The Kier molecular flexibility index (Phi) is 4.76. The molecular weight excluding hydrogens is 358 g/mol. The third-order valence-electron chi connectivity index (χ3n) is 4.06. The van der Waals surface area contributed by atoms with Crippen LogP contribution in [-0.2, 0) is 0 Å². The van der Waals surface area contributed by atoms with Crippen molar-refractivity contribution in [1.82, 2.24) is 19.3 Å². The lowest BCUT2D eigenvalue weighted by molar-refractivity contribution is 0.102. The minimum Gasteiger partial charge on any atom is -0.319 e. The van der Waals surface area contributed by atoms with E-state index in [4.69, 9.17) is 0 Å². The molecule has 0 aliphatic carbocycles. The van der Waals surface area contributed by atoms with Gasteiger partial charge in [-0.15, -0.1) is 0 Å². The van der Waals surface area contributed by atoms with Crippen LogP contribution in [0.3, 0.4) is 0 Å². The fourth-order valence-corrected chi connectivity index (χ4v) is 3.25. The number of amides is 1. The number of rotatable bonds is 5. The van der Waals surface area contributed by atoms with Crippen molar-refractivity contribution >= 4 is 23.4 Å². The highest BCUT2D eigenvalue weighted by Crippen LogP contribution is 2.19. The normalized spacial score (nSPS) is 10.7. The van der Waals surface area contributed by atoms with Crippen LogP contribution in [0.25, 0.3) is 11.4 Å². The van der Waals surface area contributed by atoms with E-state index >= 15 is 0 Å². The number of benzene rings is 2. The topological polar surface area (TPSA) is 64.7 Å². The molecule has 27 heavy (non-hydrogen) atoms. The molecule has 2 heterocycles. The summed E-state index contributed by atoms with van der Waals surface area (Å²) >= 11 is 1.57. The quantitative estimate of drug-likeness (QED) is 0.535. The van der Waals surface area contributed by atoms with Gasteiger partial charge in [-0.1, -0.05) is 30.0 Å². The van der Waals surface area contributed by atoms with E-state index in [9.17, 15) is 4.79 Å². The zero-order chi connectivity index (χ0) is 18.6. The zero-order valence-electron chi connectivity index (χ0n) is 14.6. The predicted molar refractivity (Wildman–Crippen MR) is 107 cm³/mol. The summed E-state index contributed by atoms with van der Waals surface area (Å²) in [7, 11) is 0. The van der Waals surface area contributed by atoms with Crippen molar-refractivity contribution in [3.8, 4) is 11.4 Å². The summed E-state index contributed by atoms with van der Waals surface area (Å²) in [5.41, 5.74) is 3.13. The van der Waals surface area contributed by atoms with Crippen molar-refractivity contribution in [3.05, 3.63) is 84.9 Å². The summed E-state index contributed by atoms with van der Waals surface area (Å²) in [6.07, 6.45) is 9.07. The van der Waals surface area contributed by atoms with Gasteiger partial charge in [0.25, 0.3) is 5.91 Å². The van der Waals surface area contributed by atoms with Crippen molar-refractivity contribution < 1.29 is 4.79 Å². The van der Waals surface area contributed by atoms with Gasteiger partial charge in [0.2, 0.25) is 0 Å². The van der Waals surface area contributed by atoms with Gasteiger partial charge < -0.3 is 5.32 Å². The molecule has 0 saturated carbocycles. The van der Waals surface area contributed by atoms with Crippen LogP contribution in [-0.4, -0.2) is 31.5 Å². The Morgan fingerprint density at radius 1 is 1.04 bits per heavy atom. The number of para-hydroxylation sites is 1. The average molecular weight is 375 g/mol. The third kappa shape index (κ3) is 3.63. The molecule has 4 aromatic rings. The highest BCUT2D eigenvalue weighted by Gasteiger charge is 2.09. The molecule has 2 aromatic heterocycles. The van der Waals surface area contributed by atoms with Gasteiger partial charge in [-0.3, -0.25) is 9.36 Å². The first-order chi connectivity index (χ1) is 13.2.